The molecule has 1 aliphatic carbocycles. The Morgan fingerprint density at radius 1 is 1.04 bits per heavy atom. The maximum atomic E-state index is 13.7. The van der Waals surface area contributed by atoms with Crippen LogP contribution >= 0.6 is 0 Å². The SMILES string of the molecule is Cc1c2c(n(Cc3ccc(F)c(F)c3)c1C(=O)N1CCCC1)CCCC2. The van der Waals surface area contributed by atoms with E-state index in [0.29, 0.717) is 12.1 Å². The van der Waals surface area contributed by atoms with Gasteiger partial charge in [-0.1, -0.05) is 6.07 Å². The molecule has 5 heteroatoms. The minimum absolute atomic E-state index is 0.0805. The second-order valence-corrected chi connectivity index (χ2v) is 7.44. The van der Waals surface area contributed by atoms with E-state index >= 15 is 0 Å². The Morgan fingerprint density at radius 3 is 2.50 bits per heavy atom. The zero-order valence-electron chi connectivity index (χ0n) is 15.2. The Morgan fingerprint density at radius 2 is 1.77 bits per heavy atom. The number of amides is 1. The van der Waals surface area contributed by atoms with Crippen LogP contribution in [0.15, 0.2) is 18.2 Å². The summed E-state index contributed by atoms with van der Waals surface area (Å²) in [4.78, 5) is 15.1. The van der Waals surface area contributed by atoms with Crippen molar-refractivity contribution in [3.8, 4) is 0 Å². The van der Waals surface area contributed by atoms with Crippen molar-refractivity contribution in [1.82, 2.24) is 9.47 Å². The number of hydrogen-bond donors (Lipinski definition) is 0. The van der Waals surface area contributed by atoms with Gasteiger partial charge in [0.15, 0.2) is 11.6 Å². The molecule has 2 aliphatic rings. The van der Waals surface area contributed by atoms with Crippen LogP contribution in [0.1, 0.15) is 58.6 Å². The summed E-state index contributed by atoms with van der Waals surface area (Å²) in [5, 5.41) is 0. The van der Waals surface area contributed by atoms with E-state index in [1.807, 2.05) is 11.8 Å². The fraction of sp³-hybridized carbons (Fsp3) is 0.476. The standard InChI is InChI=1S/C21H24F2N2O/c1-14-16-6-2-3-7-19(16)25(13-15-8-9-17(22)18(23)12-15)20(14)21(26)24-10-4-5-11-24/h8-9,12H,2-7,10-11,13H2,1H3. The van der Waals surface area contributed by atoms with Gasteiger partial charge in [0, 0.05) is 25.3 Å². The third-order valence-electron chi connectivity index (χ3n) is 5.76. The number of aromatic nitrogens is 1. The Bertz CT molecular complexity index is 850. The van der Waals surface area contributed by atoms with Gasteiger partial charge in [-0.05, 0) is 74.3 Å². The van der Waals surface area contributed by atoms with Crippen molar-refractivity contribution in [3.05, 3.63) is 57.9 Å². The maximum absolute atomic E-state index is 13.7. The highest BCUT2D eigenvalue weighted by Crippen LogP contribution is 2.32. The molecule has 0 unspecified atom stereocenters. The van der Waals surface area contributed by atoms with Gasteiger partial charge in [0.25, 0.3) is 5.91 Å². The first-order chi connectivity index (χ1) is 12.6. The van der Waals surface area contributed by atoms with Gasteiger partial charge in [-0.3, -0.25) is 4.79 Å². The van der Waals surface area contributed by atoms with Crippen molar-refractivity contribution in [1.29, 1.82) is 0 Å². The number of halogens is 2. The molecular weight excluding hydrogens is 334 g/mol. The molecule has 0 bridgehead atoms. The Hall–Kier alpha value is -2.17. The fourth-order valence-corrected chi connectivity index (χ4v) is 4.41. The summed E-state index contributed by atoms with van der Waals surface area (Å²) in [6, 6.07) is 4.01. The zero-order chi connectivity index (χ0) is 18.3. The van der Waals surface area contributed by atoms with Crippen LogP contribution in [0.5, 0.6) is 0 Å². The summed E-state index contributed by atoms with van der Waals surface area (Å²) in [5.74, 6) is -1.60. The molecule has 1 aromatic heterocycles. The zero-order valence-corrected chi connectivity index (χ0v) is 15.2. The molecule has 1 amide bonds. The first kappa shape index (κ1) is 17.3. The number of benzene rings is 1. The summed E-state index contributed by atoms with van der Waals surface area (Å²) in [5.41, 5.74) is 4.97. The quantitative estimate of drug-likeness (QED) is 0.806. The van der Waals surface area contributed by atoms with Crippen molar-refractivity contribution in [2.24, 2.45) is 0 Å². The highest BCUT2D eigenvalue weighted by molar-refractivity contribution is 5.95. The number of likely N-dealkylation sites (tertiary alicyclic amines) is 1. The number of nitrogens with zero attached hydrogens (tertiary/aromatic N) is 2. The highest BCUT2D eigenvalue weighted by atomic mass is 19.2. The average Bonchev–Trinajstić information content (AvgIpc) is 3.26. The number of carbonyl (C=O) groups is 1. The lowest BCUT2D eigenvalue weighted by Gasteiger charge is -2.20. The molecule has 0 saturated carbocycles. The predicted molar refractivity (Wildman–Crippen MR) is 96.4 cm³/mol. The molecule has 1 fully saturated rings. The van der Waals surface area contributed by atoms with Crippen molar-refractivity contribution in [2.75, 3.05) is 13.1 Å². The van der Waals surface area contributed by atoms with Gasteiger partial charge >= 0.3 is 0 Å². The molecule has 1 aromatic carbocycles. The van der Waals surface area contributed by atoms with Crippen LogP contribution in [0.2, 0.25) is 0 Å². The van der Waals surface area contributed by atoms with E-state index in [2.05, 4.69) is 4.57 Å². The molecule has 26 heavy (non-hydrogen) atoms. The van der Waals surface area contributed by atoms with E-state index in [4.69, 9.17) is 0 Å². The molecule has 0 spiro atoms. The Balaban J connectivity index is 1.78. The second-order valence-electron chi connectivity index (χ2n) is 7.44. The molecule has 138 valence electrons. The van der Waals surface area contributed by atoms with Crippen LogP contribution < -0.4 is 0 Å². The summed E-state index contributed by atoms with van der Waals surface area (Å²) in [7, 11) is 0. The van der Waals surface area contributed by atoms with Gasteiger partial charge in [0.1, 0.15) is 5.69 Å². The Labute approximate surface area is 152 Å². The van der Waals surface area contributed by atoms with Gasteiger partial charge in [-0.25, -0.2) is 8.78 Å². The number of rotatable bonds is 3. The molecule has 2 aromatic rings. The predicted octanol–water partition coefficient (Wildman–Crippen LogP) is 4.24. The minimum atomic E-state index is -0.840. The lowest BCUT2D eigenvalue weighted by molar-refractivity contribution is 0.0781. The second kappa shape index (κ2) is 6.86. The van der Waals surface area contributed by atoms with Gasteiger partial charge in [-0.15, -0.1) is 0 Å². The van der Waals surface area contributed by atoms with Gasteiger partial charge in [0.2, 0.25) is 0 Å². The molecule has 0 N–H and O–H groups in total. The van der Waals surface area contributed by atoms with Crippen molar-refractivity contribution in [2.45, 2.75) is 52.0 Å². The fourth-order valence-electron chi connectivity index (χ4n) is 4.41. The minimum Gasteiger partial charge on any atom is -0.337 e. The summed E-state index contributed by atoms with van der Waals surface area (Å²) in [6.07, 6.45) is 6.27. The lowest BCUT2D eigenvalue weighted by Crippen LogP contribution is -2.30. The number of carbonyl (C=O) groups excluding carboxylic acids is 1. The molecule has 0 radical (unpaired) electrons. The number of hydrogen-bond acceptors (Lipinski definition) is 1. The van der Waals surface area contributed by atoms with Crippen molar-refractivity contribution < 1.29 is 13.6 Å². The lowest BCUT2D eigenvalue weighted by atomic mass is 9.95. The largest absolute Gasteiger partial charge is 0.337 e. The molecular formula is C21H24F2N2O. The van der Waals surface area contributed by atoms with E-state index in [9.17, 15) is 13.6 Å². The first-order valence-electron chi connectivity index (χ1n) is 9.50. The molecule has 2 heterocycles. The van der Waals surface area contributed by atoms with E-state index < -0.39 is 11.6 Å². The topological polar surface area (TPSA) is 25.2 Å². The van der Waals surface area contributed by atoms with Crippen molar-refractivity contribution >= 4 is 5.91 Å². The van der Waals surface area contributed by atoms with Gasteiger partial charge in [0.05, 0.1) is 0 Å². The molecule has 0 atom stereocenters. The number of fused-ring (bicyclic) bond motifs is 1. The Kier molecular flexibility index (Phi) is 4.55. The summed E-state index contributed by atoms with van der Waals surface area (Å²) in [6.45, 7) is 4.05. The maximum Gasteiger partial charge on any atom is 0.270 e. The van der Waals surface area contributed by atoms with Crippen LogP contribution in [-0.4, -0.2) is 28.5 Å². The molecule has 4 rings (SSSR count). The summed E-state index contributed by atoms with van der Waals surface area (Å²) < 4.78 is 29.0. The smallest absolute Gasteiger partial charge is 0.270 e. The summed E-state index contributed by atoms with van der Waals surface area (Å²) >= 11 is 0. The third-order valence-corrected chi connectivity index (χ3v) is 5.76. The third kappa shape index (κ3) is 2.93. The van der Waals surface area contributed by atoms with E-state index in [-0.39, 0.29) is 5.91 Å². The average molecular weight is 358 g/mol. The highest BCUT2D eigenvalue weighted by Gasteiger charge is 2.30. The van der Waals surface area contributed by atoms with E-state index in [0.717, 1.165) is 68.9 Å². The molecule has 1 saturated heterocycles. The van der Waals surface area contributed by atoms with Crippen LogP contribution in [-0.2, 0) is 19.4 Å². The van der Waals surface area contributed by atoms with E-state index in [1.54, 1.807) is 6.07 Å². The van der Waals surface area contributed by atoms with Crippen LogP contribution in [0.4, 0.5) is 8.78 Å². The van der Waals surface area contributed by atoms with Crippen LogP contribution in [0.25, 0.3) is 0 Å². The molecule has 3 nitrogen and oxygen atoms in total. The monoisotopic (exact) mass is 358 g/mol. The van der Waals surface area contributed by atoms with Crippen molar-refractivity contribution in [3.63, 3.8) is 0 Å². The normalized spacial score (nSPS) is 16.8. The van der Waals surface area contributed by atoms with Crippen LogP contribution in [0, 0.1) is 18.6 Å². The van der Waals surface area contributed by atoms with Crippen LogP contribution in [0.3, 0.4) is 0 Å². The van der Waals surface area contributed by atoms with E-state index in [1.165, 1.54) is 17.3 Å². The molecule has 1 aliphatic heterocycles. The van der Waals surface area contributed by atoms with Gasteiger partial charge < -0.3 is 9.47 Å². The first-order valence-corrected chi connectivity index (χ1v) is 9.50. The van der Waals surface area contributed by atoms with Gasteiger partial charge in [-0.2, -0.15) is 0 Å².